The molecule has 3 aromatic rings. The van der Waals surface area contributed by atoms with E-state index >= 15 is 0 Å². The molecule has 0 radical (unpaired) electrons. The van der Waals surface area contributed by atoms with Crippen molar-refractivity contribution in [2.45, 2.75) is 44.9 Å². The molecule has 1 fully saturated rings. The zero-order valence-corrected chi connectivity index (χ0v) is 19.4. The zero-order valence-electron chi connectivity index (χ0n) is 17.7. The molecular weight excluding hydrogens is 469 g/mol. The van der Waals surface area contributed by atoms with Gasteiger partial charge in [-0.3, -0.25) is 9.48 Å². The lowest BCUT2D eigenvalue weighted by Crippen LogP contribution is -2.33. The van der Waals surface area contributed by atoms with Gasteiger partial charge in [-0.05, 0) is 66.8 Å². The second kappa shape index (κ2) is 8.57. The third kappa shape index (κ3) is 4.29. The number of nitrogens with zero attached hydrogens (tertiary/aromatic N) is 4. The minimum atomic E-state index is -4.55. The van der Waals surface area contributed by atoms with Crippen molar-refractivity contribution < 1.29 is 18.0 Å². The Morgan fingerprint density at radius 1 is 1.24 bits per heavy atom. The maximum Gasteiger partial charge on any atom is 0.435 e. The van der Waals surface area contributed by atoms with E-state index in [2.05, 4.69) is 17.2 Å². The number of allylic oxidation sites excluding steroid dienone is 1. The first-order valence-electron chi connectivity index (χ1n) is 10.6. The monoisotopic (exact) mass is 490 g/mol. The normalized spacial score (nSPS) is 22.0. The van der Waals surface area contributed by atoms with Gasteiger partial charge in [0.2, 0.25) is 0 Å². The summed E-state index contributed by atoms with van der Waals surface area (Å²) in [7, 11) is 0. The highest BCUT2D eigenvalue weighted by molar-refractivity contribution is 7.11. The zero-order chi connectivity index (χ0) is 23.2. The molecule has 0 aromatic carbocycles. The maximum atomic E-state index is 13.4. The highest BCUT2D eigenvalue weighted by Gasteiger charge is 2.44. The third-order valence-corrected chi connectivity index (χ3v) is 7.77. The predicted molar refractivity (Wildman–Crippen MR) is 123 cm³/mol. The second-order valence-electron chi connectivity index (χ2n) is 8.19. The molecule has 1 aliphatic carbocycles. The summed E-state index contributed by atoms with van der Waals surface area (Å²) in [5, 5.41) is 13.9. The molecule has 3 aromatic heterocycles. The number of fused-ring (bicyclic) bond motifs is 1. The molecular formula is C23H21F3N4OS2. The number of amides is 1. The van der Waals surface area contributed by atoms with Crippen LogP contribution in [0, 0.1) is 12.8 Å². The van der Waals surface area contributed by atoms with Crippen LogP contribution in [0.2, 0.25) is 0 Å². The van der Waals surface area contributed by atoms with E-state index in [1.54, 1.807) is 22.7 Å². The molecule has 1 amide bonds. The van der Waals surface area contributed by atoms with Crippen LogP contribution in [0.5, 0.6) is 0 Å². The van der Waals surface area contributed by atoms with E-state index < -0.39 is 11.9 Å². The molecule has 33 heavy (non-hydrogen) atoms. The lowest BCUT2D eigenvalue weighted by molar-refractivity contribution is -0.142. The Kier molecular flexibility index (Phi) is 5.74. The van der Waals surface area contributed by atoms with E-state index in [4.69, 9.17) is 5.10 Å². The van der Waals surface area contributed by atoms with Gasteiger partial charge in [-0.1, -0.05) is 12.1 Å². The van der Waals surface area contributed by atoms with E-state index in [0.29, 0.717) is 0 Å². The van der Waals surface area contributed by atoms with E-state index in [9.17, 15) is 18.0 Å². The fourth-order valence-electron chi connectivity index (χ4n) is 4.50. The van der Waals surface area contributed by atoms with Crippen LogP contribution in [0.25, 0.3) is 6.08 Å². The number of rotatable bonds is 4. The topological polar surface area (TPSA) is 50.5 Å². The minimum absolute atomic E-state index is 0.0667. The van der Waals surface area contributed by atoms with Gasteiger partial charge in [-0.15, -0.1) is 22.7 Å². The van der Waals surface area contributed by atoms with Crippen LogP contribution in [-0.2, 0) is 17.5 Å². The first kappa shape index (κ1) is 22.1. The summed E-state index contributed by atoms with van der Waals surface area (Å²) < 4.78 is 40.3. The summed E-state index contributed by atoms with van der Waals surface area (Å²) in [6, 6.07) is 8.69. The highest BCUT2D eigenvalue weighted by atomic mass is 32.1. The van der Waals surface area contributed by atoms with Crippen molar-refractivity contribution in [3.8, 4) is 0 Å². The van der Waals surface area contributed by atoms with Crippen molar-refractivity contribution >= 4 is 40.4 Å². The summed E-state index contributed by atoms with van der Waals surface area (Å²) >= 11 is 3.22. The van der Waals surface area contributed by atoms with Crippen LogP contribution < -0.4 is 0 Å². The van der Waals surface area contributed by atoms with Gasteiger partial charge in [0.05, 0.1) is 11.8 Å². The van der Waals surface area contributed by atoms with Gasteiger partial charge in [-0.2, -0.15) is 23.4 Å². The number of carbonyl (C=O) groups is 1. The smallest absolute Gasteiger partial charge is 0.271 e. The van der Waals surface area contributed by atoms with Gasteiger partial charge in [0.1, 0.15) is 6.54 Å². The van der Waals surface area contributed by atoms with Gasteiger partial charge < -0.3 is 0 Å². The first-order valence-corrected chi connectivity index (χ1v) is 12.4. The maximum absolute atomic E-state index is 13.4. The number of hydrogen-bond acceptors (Lipinski definition) is 5. The van der Waals surface area contributed by atoms with Crippen LogP contribution >= 0.6 is 22.7 Å². The average molecular weight is 491 g/mol. The number of alkyl halides is 3. The van der Waals surface area contributed by atoms with Crippen LogP contribution in [0.4, 0.5) is 13.2 Å². The van der Waals surface area contributed by atoms with E-state index in [1.165, 1.54) is 11.9 Å². The Labute approximate surface area is 196 Å². The van der Waals surface area contributed by atoms with Crippen molar-refractivity contribution in [1.29, 1.82) is 0 Å². The number of hydrazone groups is 1. The van der Waals surface area contributed by atoms with Crippen LogP contribution in [-0.4, -0.2) is 26.4 Å². The molecule has 0 spiro atoms. The number of aryl methyl sites for hydroxylation is 1. The quantitative estimate of drug-likeness (QED) is 0.440. The summed E-state index contributed by atoms with van der Waals surface area (Å²) in [5.74, 6) is -0.303. The number of hydrogen-bond donors (Lipinski definition) is 0. The van der Waals surface area contributed by atoms with Crippen LogP contribution in [0.15, 0.2) is 51.8 Å². The number of aromatic nitrogens is 2. The summed E-state index contributed by atoms with van der Waals surface area (Å²) in [6.45, 7) is 1.22. The second-order valence-corrected chi connectivity index (χ2v) is 10.2. The molecule has 5 nitrogen and oxygen atoms in total. The number of halogens is 3. The van der Waals surface area contributed by atoms with Crippen LogP contribution in [0.1, 0.15) is 46.4 Å². The van der Waals surface area contributed by atoms with Crippen LogP contribution in [0.3, 0.4) is 0 Å². The predicted octanol–water partition coefficient (Wildman–Crippen LogP) is 6.16. The van der Waals surface area contributed by atoms with E-state index in [1.807, 2.05) is 29.0 Å². The fourth-order valence-corrected chi connectivity index (χ4v) is 6.06. The first-order chi connectivity index (χ1) is 15.8. The Bertz CT molecular complexity index is 1210. The molecule has 1 saturated carbocycles. The standard InChI is InChI=1S/C23H21F3N4OS2/c1-14-11-19(23(24,25)26)27-29(14)13-20(31)30-22(18-8-4-10-33-18)17-7-2-5-15(21(17)28-30)12-16-6-3-9-32-16/h3-4,6,8-12,17,22H,2,5,7,13H2,1H3/b15-12+/t17-,22-/m0/s1. The molecule has 172 valence electrons. The summed E-state index contributed by atoms with van der Waals surface area (Å²) in [4.78, 5) is 15.5. The van der Waals surface area contributed by atoms with Gasteiger partial charge in [0.25, 0.3) is 5.91 Å². The SMILES string of the molecule is Cc1cc(C(F)(F)F)nn1CC(=O)N1N=C2/C(=C/c3cccs3)CCC[C@@H]2[C@H]1c1cccs1. The van der Waals surface area contributed by atoms with Crippen molar-refractivity contribution in [3.63, 3.8) is 0 Å². The summed E-state index contributed by atoms with van der Waals surface area (Å²) in [5.41, 5.74) is 1.32. The fraction of sp³-hybridized carbons (Fsp3) is 0.348. The molecule has 0 N–H and O–H groups in total. The molecule has 2 atom stereocenters. The van der Waals surface area contributed by atoms with Gasteiger partial charge >= 0.3 is 6.18 Å². The molecule has 1 aliphatic heterocycles. The van der Waals surface area contributed by atoms with Crippen molar-refractivity contribution in [3.05, 3.63) is 67.8 Å². The van der Waals surface area contributed by atoms with Crippen molar-refractivity contribution in [2.24, 2.45) is 11.0 Å². The molecule has 0 unspecified atom stereocenters. The third-order valence-electron chi connectivity index (χ3n) is 6.01. The van der Waals surface area contributed by atoms with Crippen molar-refractivity contribution in [1.82, 2.24) is 14.8 Å². The number of thiophene rings is 2. The van der Waals surface area contributed by atoms with Gasteiger partial charge in [0, 0.05) is 21.4 Å². The van der Waals surface area contributed by atoms with Gasteiger partial charge in [-0.25, -0.2) is 5.01 Å². The minimum Gasteiger partial charge on any atom is -0.271 e. The molecule has 5 rings (SSSR count). The molecule has 0 bridgehead atoms. The molecule has 10 heteroatoms. The van der Waals surface area contributed by atoms with Gasteiger partial charge in [0.15, 0.2) is 5.69 Å². The van der Waals surface area contributed by atoms with Crippen molar-refractivity contribution in [2.75, 3.05) is 0 Å². The highest BCUT2D eigenvalue weighted by Crippen LogP contribution is 2.45. The Morgan fingerprint density at radius 3 is 2.70 bits per heavy atom. The van der Waals surface area contributed by atoms with E-state index in [0.717, 1.165) is 51.0 Å². The molecule has 4 heterocycles. The molecule has 2 aliphatic rings. The summed E-state index contributed by atoms with van der Waals surface area (Å²) in [6.07, 6.45) is 0.384. The lowest BCUT2D eigenvalue weighted by Gasteiger charge is -2.28. The lowest BCUT2D eigenvalue weighted by atomic mass is 9.79. The Balaban J connectivity index is 1.48. The molecule has 0 saturated heterocycles. The van der Waals surface area contributed by atoms with E-state index in [-0.39, 0.29) is 30.1 Å². The number of carbonyl (C=O) groups excluding carboxylic acids is 1. The largest absolute Gasteiger partial charge is 0.435 e. The Hall–Kier alpha value is -2.72. The Morgan fingerprint density at radius 2 is 2.03 bits per heavy atom. The average Bonchev–Trinajstić information content (AvgIpc) is 3.54.